The Kier molecular flexibility index (Phi) is 19.9. The molecule has 2 aromatic rings. The molecule has 0 bridgehead atoms. The molecule has 1 aromatic carbocycles. The predicted octanol–water partition coefficient (Wildman–Crippen LogP) is 4.32. The van der Waals surface area contributed by atoms with Crippen molar-refractivity contribution in [3.05, 3.63) is 30.0 Å². The van der Waals surface area contributed by atoms with Crippen LogP contribution in [0.4, 0.5) is 0 Å². The number of hydrogen-bond donors (Lipinski definition) is 3. The molecular formula is C24H47N2O5P. The Morgan fingerprint density at radius 2 is 1.69 bits per heavy atom. The van der Waals surface area contributed by atoms with Crippen molar-refractivity contribution >= 4 is 20.4 Å². The minimum Gasteiger partial charge on any atom is -0.467 e. The number of aromatic nitrogens is 1. The Hall–Kier alpha value is -1.21. The van der Waals surface area contributed by atoms with Crippen LogP contribution >= 0.6 is 9.47 Å². The van der Waals surface area contributed by atoms with Crippen molar-refractivity contribution in [2.24, 2.45) is 0 Å². The summed E-state index contributed by atoms with van der Waals surface area (Å²) in [5, 5.41) is 18.3. The van der Waals surface area contributed by atoms with Crippen LogP contribution in [0.25, 0.3) is 10.9 Å². The SMILES string of the molecule is CC(C)(C)OP.CCCCCCCO.CN(C)CCc1c[nH]c2cccc(OCO)c12.O. The van der Waals surface area contributed by atoms with E-state index in [9.17, 15) is 0 Å². The van der Waals surface area contributed by atoms with E-state index in [4.69, 9.17) is 19.5 Å². The maximum absolute atomic E-state index is 8.89. The molecule has 0 fully saturated rings. The fraction of sp³-hybridized carbons (Fsp3) is 0.667. The van der Waals surface area contributed by atoms with Gasteiger partial charge >= 0.3 is 0 Å². The van der Waals surface area contributed by atoms with Gasteiger partial charge < -0.3 is 34.8 Å². The molecule has 2 rings (SSSR count). The highest BCUT2D eigenvalue weighted by molar-refractivity contribution is 7.09. The Labute approximate surface area is 197 Å². The van der Waals surface area contributed by atoms with E-state index in [-0.39, 0.29) is 17.9 Å². The highest BCUT2D eigenvalue weighted by Gasteiger charge is 2.09. The second kappa shape index (κ2) is 19.3. The average molecular weight is 475 g/mol. The van der Waals surface area contributed by atoms with Gasteiger partial charge in [0.15, 0.2) is 6.79 Å². The van der Waals surface area contributed by atoms with Crippen molar-refractivity contribution < 1.29 is 24.9 Å². The fourth-order valence-electron chi connectivity index (χ4n) is 2.67. The zero-order valence-corrected chi connectivity index (χ0v) is 22.1. The molecule has 5 N–H and O–H groups in total. The summed E-state index contributed by atoms with van der Waals surface area (Å²) in [7, 11) is 6.34. The van der Waals surface area contributed by atoms with Gasteiger partial charge in [0.2, 0.25) is 0 Å². The van der Waals surface area contributed by atoms with E-state index in [1.807, 2.05) is 45.2 Å². The first-order valence-electron chi connectivity index (χ1n) is 11.2. The number of hydrogen-bond acceptors (Lipinski definition) is 5. The van der Waals surface area contributed by atoms with Crippen molar-refractivity contribution in [2.45, 2.75) is 71.8 Å². The topological polar surface area (TPSA) is 109 Å². The monoisotopic (exact) mass is 474 g/mol. The third-order valence-corrected chi connectivity index (χ3v) is 5.12. The van der Waals surface area contributed by atoms with E-state index in [0.717, 1.165) is 36.0 Å². The highest BCUT2D eigenvalue weighted by atomic mass is 31.0. The first-order chi connectivity index (χ1) is 14.7. The van der Waals surface area contributed by atoms with Crippen LogP contribution < -0.4 is 4.74 Å². The Balaban J connectivity index is 0. The molecule has 0 saturated carbocycles. The number of aromatic amines is 1. The van der Waals surface area contributed by atoms with Gasteiger partial charge in [0.1, 0.15) is 5.75 Å². The van der Waals surface area contributed by atoms with E-state index in [1.165, 1.54) is 31.2 Å². The molecule has 0 spiro atoms. The number of unbranched alkanes of at least 4 members (excludes halogenated alkanes) is 4. The van der Waals surface area contributed by atoms with E-state index in [1.54, 1.807) is 0 Å². The molecule has 8 heteroatoms. The van der Waals surface area contributed by atoms with Crippen LogP contribution in [0, 0.1) is 0 Å². The van der Waals surface area contributed by atoms with Gasteiger partial charge in [-0.2, -0.15) is 0 Å². The van der Waals surface area contributed by atoms with Crippen LogP contribution in [0.2, 0.25) is 0 Å². The lowest BCUT2D eigenvalue weighted by atomic mass is 10.1. The highest BCUT2D eigenvalue weighted by Crippen LogP contribution is 2.29. The average Bonchev–Trinajstić information content (AvgIpc) is 3.15. The van der Waals surface area contributed by atoms with E-state index >= 15 is 0 Å². The number of aliphatic hydroxyl groups is 2. The summed E-state index contributed by atoms with van der Waals surface area (Å²) in [6.07, 6.45) is 9.05. The summed E-state index contributed by atoms with van der Waals surface area (Å²) in [5.74, 6) is 0.736. The van der Waals surface area contributed by atoms with Crippen LogP contribution in [0.15, 0.2) is 24.4 Å². The third-order valence-electron chi connectivity index (χ3n) is 4.41. The van der Waals surface area contributed by atoms with Crippen LogP contribution in [0.5, 0.6) is 5.75 Å². The summed E-state index contributed by atoms with van der Waals surface area (Å²) < 4.78 is 10.1. The first kappa shape index (κ1) is 33.0. The lowest BCUT2D eigenvalue weighted by molar-refractivity contribution is 0.1000. The van der Waals surface area contributed by atoms with Gasteiger partial charge in [-0.15, -0.1) is 0 Å². The van der Waals surface area contributed by atoms with Gasteiger partial charge in [-0.3, -0.25) is 0 Å². The van der Waals surface area contributed by atoms with Crippen molar-refractivity contribution in [3.63, 3.8) is 0 Å². The zero-order valence-electron chi connectivity index (χ0n) is 20.9. The number of nitrogens with zero attached hydrogens (tertiary/aromatic N) is 1. The van der Waals surface area contributed by atoms with E-state index in [2.05, 4.69) is 40.4 Å². The number of H-pyrrole nitrogens is 1. The van der Waals surface area contributed by atoms with Crippen molar-refractivity contribution in [1.82, 2.24) is 9.88 Å². The van der Waals surface area contributed by atoms with Crippen molar-refractivity contribution in [3.8, 4) is 5.75 Å². The minimum atomic E-state index is -0.294. The summed E-state index contributed by atoms with van der Waals surface area (Å²) >= 11 is 0. The second-order valence-corrected chi connectivity index (χ2v) is 8.92. The number of benzene rings is 1. The molecule has 0 aliphatic heterocycles. The summed E-state index contributed by atoms with van der Waals surface area (Å²) in [5.41, 5.74) is 2.27. The molecule has 0 aliphatic carbocycles. The van der Waals surface area contributed by atoms with Crippen LogP contribution in [0.1, 0.15) is 65.4 Å². The van der Waals surface area contributed by atoms with Crippen molar-refractivity contribution in [1.29, 1.82) is 0 Å². The normalized spacial score (nSPS) is 10.7. The number of nitrogens with one attached hydrogen (secondary N) is 1. The second-order valence-electron chi connectivity index (χ2n) is 8.69. The Morgan fingerprint density at radius 1 is 1.06 bits per heavy atom. The van der Waals surface area contributed by atoms with E-state index < -0.39 is 0 Å². The largest absolute Gasteiger partial charge is 0.467 e. The molecule has 0 saturated heterocycles. The molecule has 1 heterocycles. The minimum absolute atomic E-state index is 0. The Bertz CT molecular complexity index is 681. The molecule has 0 radical (unpaired) electrons. The van der Waals surface area contributed by atoms with Gasteiger partial charge in [0.05, 0.1) is 5.60 Å². The third kappa shape index (κ3) is 15.6. The van der Waals surface area contributed by atoms with Gasteiger partial charge in [-0.1, -0.05) is 38.7 Å². The molecule has 0 amide bonds. The smallest absolute Gasteiger partial charge is 0.186 e. The summed E-state index contributed by atoms with van der Waals surface area (Å²) in [4.78, 5) is 5.38. The maximum Gasteiger partial charge on any atom is 0.186 e. The standard InChI is InChI=1S/C13H18N2O2.C7H16O.C4H11OP.H2O/c1-15(2)7-6-10-8-14-11-4-3-5-12(13(10)11)17-9-16;1-2-3-4-5-6-7-8;1-4(2,3)5-6;/h3-5,8,14,16H,6-7,9H2,1-2H3;8H,2-7H2,1H3;6H2,1-3H3;1H2. The van der Waals surface area contributed by atoms with Gasteiger partial charge in [0, 0.05) is 39.7 Å². The fourth-order valence-corrected chi connectivity index (χ4v) is 2.67. The molecule has 7 nitrogen and oxygen atoms in total. The number of likely N-dealkylation sites (N-methyl/N-ethyl adjacent to an activating group) is 1. The van der Waals surface area contributed by atoms with Gasteiger partial charge in [-0.05, 0) is 65.4 Å². The Morgan fingerprint density at radius 3 is 2.19 bits per heavy atom. The number of fused-ring (bicyclic) bond motifs is 1. The van der Waals surface area contributed by atoms with Gasteiger partial charge in [0.25, 0.3) is 0 Å². The van der Waals surface area contributed by atoms with Crippen LogP contribution in [-0.2, 0) is 10.9 Å². The van der Waals surface area contributed by atoms with E-state index in [0.29, 0.717) is 6.61 Å². The molecule has 188 valence electrons. The lowest BCUT2D eigenvalue weighted by Gasteiger charge is -2.13. The molecule has 1 unspecified atom stereocenters. The molecule has 1 atom stereocenters. The zero-order chi connectivity index (χ0) is 23.7. The molecular weight excluding hydrogens is 427 g/mol. The number of rotatable bonds is 10. The number of aliphatic hydroxyl groups excluding tert-OH is 2. The maximum atomic E-state index is 8.89. The first-order valence-corrected chi connectivity index (χ1v) is 11.6. The lowest BCUT2D eigenvalue weighted by Crippen LogP contribution is -2.14. The quantitative estimate of drug-likeness (QED) is 0.270. The predicted molar refractivity (Wildman–Crippen MR) is 138 cm³/mol. The van der Waals surface area contributed by atoms with Gasteiger partial charge in [-0.25, -0.2) is 0 Å². The van der Waals surface area contributed by atoms with Crippen molar-refractivity contribution in [2.75, 3.05) is 34.0 Å². The summed E-state index contributed by atoms with van der Waals surface area (Å²) in [6, 6.07) is 5.81. The molecule has 1 aromatic heterocycles. The molecule has 0 aliphatic rings. The molecule has 32 heavy (non-hydrogen) atoms. The number of ether oxygens (including phenoxy) is 1. The van der Waals surface area contributed by atoms with Crippen LogP contribution in [0.3, 0.4) is 0 Å². The van der Waals surface area contributed by atoms with Crippen LogP contribution in [-0.4, -0.2) is 65.2 Å². The summed E-state index contributed by atoms with van der Waals surface area (Å²) in [6.45, 7) is 9.25.